The van der Waals surface area contributed by atoms with Gasteiger partial charge in [0.25, 0.3) is 0 Å². The predicted molar refractivity (Wildman–Crippen MR) is 62.4 cm³/mol. The Kier molecular flexibility index (Phi) is 4.56. The number of rotatable bonds is 4. The summed E-state index contributed by atoms with van der Waals surface area (Å²) in [6.07, 6.45) is 0. The van der Waals surface area contributed by atoms with Gasteiger partial charge in [0.05, 0.1) is 6.54 Å². The van der Waals surface area contributed by atoms with Crippen molar-refractivity contribution in [2.75, 3.05) is 6.54 Å². The number of esters is 2. The maximum atomic E-state index is 11.5. The van der Waals surface area contributed by atoms with Crippen molar-refractivity contribution in [3.8, 4) is 11.5 Å². The van der Waals surface area contributed by atoms with Gasteiger partial charge < -0.3 is 15.2 Å². The SMILES string of the molecule is CC(=O)Oc1cc(OC(C)=O)cc(C(=O)CN)c1. The molecule has 0 fully saturated rings. The van der Waals surface area contributed by atoms with Gasteiger partial charge in [0.15, 0.2) is 5.78 Å². The minimum atomic E-state index is -0.541. The van der Waals surface area contributed by atoms with E-state index in [9.17, 15) is 14.4 Å². The van der Waals surface area contributed by atoms with Crippen LogP contribution >= 0.6 is 0 Å². The topological polar surface area (TPSA) is 95.7 Å². The highest BCUT2D eigenvalue weighted by Gasteiger charge is 2.11. The van der Waals surface area contributed by atoms with E-state index >= 15 is 0 Å². The molecule has 0 aliphatic carbocycles. The van der Waals surface area contributed by atoms with E-state index in [-0.39, 0.29) is 29.4 Å². The molecule has 1 rings (SSSR count). The lowest BCUT2D eigenvalue weighted by Crippen LogP contribution is -2.14. The summed E-state index contributed by atoms with van der Waals surface area (Å²) in [5, 5.41) is 0. The lowest BCUT2D eigenvalue weighted by Gasteiger charge is -2.08. The fourth-order valence-corrected chi connectivity index (χ4v) is 1.30. The number of hydrogen-bond donors (Lipinski definition) is 1. The highest BCUT2D eigenvalue weighted by Crippen LogP contribution is 2.23. The van der Waals surface area contributed by atoms with Crippen LogP contribution in [0.1, 0.15) is 24.2 Å². The first kappa shape index (κ1) is 13.9. The summed E-state index contributed by atoms with van der Waals surface area (Å²) in [6.45, 7) is 2.26. The summed E-state index contributed by atoms with van der Waals surface area (Å²) in [6, 6.07) is 4.07. The van der Waals surface area contributed by atoms with E-state index in [1.807, 2.05) is 0 Å². The largest absolute Gasteiger partial charge is 0.427 e. The van der Waals surface area contributed by atoms with Gasteiger partial charge in [-0.3, -0.25) is 14.4 Å². The molecule has 0 aromatic heterocycles. The third-order valence-corrected chi connectivity index (χ3v) is 1.91. The van der Waals surface area contributed by atoms with Crippen molar-refractivity contribution >= 4 is 17.7 Å². The van der Waals surface area contributed by atoms with Crippen LogP contribution in [-0.2, 0) is 9.59 Å². The summed E-state index contributed by atoms with van der Waals surface area (Å²) in [5.41, 5.74) is 5.46. The van der Waals surface area contributed by atoms with Gasteiger partial charge in [-0.05, 0) is 12.1 Å². The van der Waals surface area contributed by atoms with Gasteiger partial charge in [0.2, 0.25) is 0 Å². The number of ether oxygens (including phenoxy) is 2. The van der Waals surface area contributed by atoms with E-state index in [1.54, 1.807) is 0 Å². The smallest absolute Gasteiger partial charge is 0.308 e. The Morgan fingerprint density at radius 3 is 1.78 bits per heavy atom. The molecule has 96 valence electrons. The number of nitrogens with two attached hydrogens (primary N) is 1. The molecule has 0 heterocycles. The summed E-state index contributed by atoms with van der Waals surface area (Å²) in [5.74, 6) is -1.18. The monoisotopic (exact) mass is 251 g/mol. The van der Waals surface area contributed by atoms with Crippen molar-refractivity contribution in [3.05, 3.63) is 23.8 Å². The molecule has 0 aliphatic heterocycles. The first-order valence-corrected chi connectivity index (χ1v) is 5.17. The Morgan fingerprint density at radius 1 is 1.00 bits per heavy atom. The second-order valence-electron chi connectivity index (χ2n) is 3.51. The van der Waals surface area contributed by atoms with Gasteiger partial charge in [-0.15, -0.1) is 0 Å². The van der Waals surface area contributed by atoms with Crippen LogP contribution in [0.5, 0.6) is 11.5 Å². The van der Waals surface area contributed by atoms with E-state index in [0.29, 0.717) is 0 Å². The molecule has 0 atom stereocenters. The first-order chi connectivity index (χ1) is 8.42. The van der Waals surface area contributed by atoms with Crippen molar-refractivity contribution in [2.45, 2.75) is 13.8 Å². The van der Waals surface area contributed by atoms with Crippen LogP contribution in [0, 0.1) is 0 Å². The number of carbonyl (C=O) groups is 3. The molecule has 0 amide bonds. The number of benzene rings is 1. The van der Waals surface area contributed by atoms with Gasteiger partial charge in [0.1, 0.15) is 11.5 Å². The van der Waals surface area contributed by atoms with Crippen LogP contribution in [-0.4, -0.2) is 24.3 Å². The van der Waals surface area contributed by atoms with E-state index < -0.39 is 11.9 Å². The summed E-state index contributed by atoms with van der Waals surface area (Å²) < 4.78 is 9.70. The molecule has 18 heavy (non-hydrogen) atoms. The van der Waals surface area contributed by atoms with Crippen molar-refractivity contribution in [2.24, 2.45) is 5.73 Å². The quantitative estimate of drug-likeness (QED) is 0.480. The molecule has 0 saturated carbocycles. The number of carbonyl (C=O) groups excluding carboxylic acids is 3. The lowest BCUT2D eigenvalue weighted by molar-refractivity contribution is -0.132. The molecule has 0 saturated heterocycles. The van der Waals surface area contributed by atoms with Gasteiger partial charge in [-0.25, -0.2) is 0 Å². The Labute approximate surface area is 104 Å². The lowest BCUT2D eigenvalue weighted by atomic mass is 10.1. The standard InChI is InChI=1S/C12H13NO5/c1-7(14)17-10-3-9(12(16)6-13)4-11(5-10)18-8(2)15/h3-5H,6,13H2,1-2H3. The second-order valence-corrected chi connectivity index (χ2v) is 3.51. The maximum absolute atomic E-state index is 11.5. The van der Waals surface area contributed by atoms with Gasteiger partial charge in [-0.2, -0.15) is 0 Å². The minimum Gasteiger partial charge on any atom is -0.427 e. The molecular formula is C12H13NO5. The average Bonchev–Trinajstić information content (AvgIpc) is 2.25. The highest BCUT2D eigenvalue weighted by atomic mass is 16.5. The minimum absolute atomic E-state index is 0.123. The zero-order valence-corrected chi connectivity index (χ0v) is 10.1. The molecule has 0 bridgehead atoms. The molecule has 1 aromatic carbocycles. The summed E-state index contributed by atoms with van der Waals surface area (Å²) >= 11 is 0. The van der Waals surface area contributed by atoms with E-state index in [2.05, 4.69) is 0 Å². The molecule has 0 aliphatic rings. The third-order valence-electron chi connectivity index (χ3n) is 1.91. The third kappa shape index (κ3) is 3.99. The van der Waals surface area contributed by atoms with Gasteiger partial charge >= 0.3 is 11.9 Å². The van der Waals surface area contributed by atoms with Crippen LogP contribution < -0.4 is 15.2 Å². The Bertz CT molecular complexity index is 461. The number of ketones is 1. The van der Waals surface area contributed by atoms with Gasteiger partial charge in [-0.1, -0.05) is 0 Å². The Balaban J connectivity index is 3.14. The summed E-state index contributed by atoms with van der Waals surface area (Å²) in [7, 11) is 0. The average molecular weight is 251 g/mol. The Hall–Kier alpha value is -2.21. The predicted octanol–water partition coefficient (Wildman–Crippen LogP) is 0.679. The molecule has 0 radical (unpaired) electrons. The van der Waals surface area contributed by atoms with Crippen molar-refractivity contribution in [3.63, 3.8) is 0 Å². The normalized spacial score (nSPS) is 9.72. The van der Waals surface area contributed by atoms with Crippen molar-refractivity contribution < 1.29 is 23.9 Å². The Morgan fingerprint density at radius 2 is 1.44 bits per heavy atom. The fraction of sp³-hybridized carbons (Fsp3) is 0.250. The molecular weight excluding hydrogens is 238 g/mol. The highest BCUT2D eigenvalue weighted by molar-refractivity contribution is 5.98. The molecule has 6 heteroatoms. The van der Waals surface area contributed by atoms with Crippen molar-refractivity contribution in [1.82, 2.24) is 0 Å². The van der Waals surface area contributed by atoms with E-state index in [4.69, 9.17) is 15.2 Å². The molecule has 0 spiro atoms. The van der Waals surface area contributed by atoms with Crippen LogP contribution in [0.25, 0.3) is 0 Å². The molecule has 0 unspecified atom stereocenters. The van der Waals surface area contributed by atoms with E-state index in [0.717, 1.165) is 0 Å². The van der Waals surface area contributed by atoms with Crippen molar-refractivity contribution in [1.29, 1.82) is 0 Å². The second kappa shape index (κ2) is 5.92. The molecule has 1 aromatic rings. The number of hydrogen-bond acceptors (Lipinski definition) is 6. The van der Waals surface area contributed by atoms with Crippen LogP contribution in [0.2, 0.25) is 0 Å². The molecule has 2 N–H and O–H groups in total. The zero-order valence-electron chi connectivity index (χ0n) is 10.1. The fourth-order valence-electron chi connectivity index (χ4n) is 1.30. The van der Waals surface area contributed by atoms with Gasteiger partial charge in [0, 0.05) is 25.5 Å². The first-order valence-electron chi connectivity index (χ1n) is 5.17. The zero-order chi connectivity index (χ0) is 13.7. The molecule has 6 nitrogen and oxygen atoms in total. The van der Waals surface area contributed by atoms with Crippen LogP contribution in [0.3, 0.4) is 0 Å². The van der Waals surface area contributed by atoms with E-state index in [1.165, 1.54) is 32.0 Å². The van der Waals surface area contributed by atoms with Crippen LogP contribution in [0.4, 0.5) is 0 Å². The van der Waals surface area contributed by atoms with Crippen LogP contribution in [0.15, 0.2) is 18.2 Å². The number of Topliss-reactive ketones (excluding diaryl/α,β-unsaturated/α-hetero) is 1. The maximum Gasteiger partial charge on any atom is 0.308 e. The summed E-state index contributed by atoms with van der Waals surface area (Å²) in [4.78, 5) is 33.2.